The Hall–Kier alpha value is -2.98. The van der Waals surface area contributed by atoms with Gasteiger partial charge in [-0.2, -0.15) is 5.10 Å². The second-order valence-electron chi connectivity index (χ2n) is 7.69. The summed E-state index contributed by atoms with van der Waals surface area (Å²) in [5, 5.41) is 14.7. The number of aryl methyl sites for hydroxylation is 1. The van der Waals surface area contributed by atoms with Crippen LogP contribution in [0.25, 0.3) is 10.6 Å². The van der Waals surface area contributed by atoms with Crippen molar-refractivity contribution in [3.8, 4) is 10.6 Å². The Kier molecular flexibility index (Phi) is 4.71. The Labute approximate surface area is 184 Å². The van der Waals surface area contributed by atoms with E-state index in [0.29, 0.717) is 13.1 Å². The molecular formula is C21H17F2N5OS2. The topological polar surface area (TPSA) is 63.9 Å². The molecule has 4 heterocycles. The summed E-state index contributed by atoms with van der Waals surface area (Å²) >= 11 is 2.61. The SMILES string of the molecule is Cn1cc(C2(C)CN(C(=O)c3nnc(-c4ccc(F)cc4F)s3)Cc3sccc32)cn1. The number of amides is 1. The maximum atomic E-state index is 14.1. The summed E-state index contributed by atoms with van der Waals surface area (Å²) in [5.41, 5.74) is 1.94. The second-order valence-corrected chi connectivity index (χ2v) is 9.67. The Bertz CT molecular complexity index is 1300. The Morgan fingerprint density at radius 1 is 1.23 bits per heavy atom. The fourth-order valence-electron chi connectivity index (χ4n) is 3.96. The highest BCUT2D eigenvalue weighted by Gasteiger charge is 2.41. The van der Waals surface area contributed by atoms with Gasteiger partial charge in [0.1, 0.15) is 11.6 Å². The van der Waals surface area contributed by atoms with Crippen molar-refractivity contribution in [2.75, 3.05) is 6.54 Å². The molecule has 4 aromatic rings. The van der Waals surface area contributed by atoms with Gasteiger partial charge in [-0.05, 0) is 36.1 Å². The van der Waals surface area contributed by atoms with Gasteiger partial charge in [0.05, 0.1) is 12.7 Å². The lowest BCUT2D eigenvalue weighted by Crippen LogP contribution is -2.46. The molecule has 0 saturated heterocycles. The Morgan fingerprint density at radius 3 is 2.81 bits per heavy atom. The Morgan fingerprint density at radius 2 is 2.06 bits per heavy atom. The molecule has 1 amide bonds. The average Bonchev–Trinajstić information content (AvgIpc) is 3.48. The van der Waals surface area contributed by atoms with Gasteiger partial charge in [-0.1, -0.05) is 11.3 Å². The third-order valence-corrected chi connectivity index (χ3v) is 7.43. The molecule has 0 bridgehead atoms. The molecule has 0 saturated carbocycles. The van der Waals surface area contributed by atoms with Gasteiger partial charge in [0, 0.05) is 47.3 Å². The van der Waals surface area contributed by atoms with Crippen LogP contribution in [0.4, 0.5) is 8.78 Å². The molecule has 0 fully saturated rings. The zero-order valence-corrected chi connectivity index (χ0v) is 18.3. The predicted molar refractivity (Wildman–Crippen MR) is 114 cm³/mol. The van der Waals surface area contributed by atoms with Gasteiger partial charge in [0.15, 0.2) is 5.01 Å². The van der Waals surface area contributed by atoms with Crippen LogP contribution in [0.2, 0.25) is 0 Å². The molecule has 3 aromatic heterocycles. The molecule has 1 aromatic carbocycles. The number of hydrogen-bond acceptors (Lipinski definition) is 6. The highest BCUT2D eigenvalue weighted by molar-refractivity contribution is 7.16. The van der Waals surface area contributed by atoms with Gasteiger partial charge >= 0.3 is 0 Å². The lowest BCUT2D eigenvalue weighted by atomic mass is 9.75. The molecule has 158 valence electrons. The zero-order valence-electron chi connectivity index (χ0n) is 16.7. The van der Waals surface area contributed by atoms with Crippen molar-refractivity contribution >= 4 is 28.6 Å². The van der Waals surface area contributed by atoms with Gasteiger partial charge in [-0.25, -0.2) is 8.78 Å². The summed E-state index contributed by atoms with van der Waals surface area (Å²) in [6.07, 6.45) is 3.80. The lowest BCUT2D eigenvalue weighted by Gasteiger charge is -2.39. The number of halogens is 2. The number of carbonyl (C=O) groups excluding carboxylic acids is 1. The van der Waals surface area contributed by atoms with Crippen molar-refractivity contribution in [2.24, 2.45) is 7.05 Å². The highest BCUT2D eigenvalue weighted by atomic mass is 32.1. The van der Waals surface area contributed by atoms with Crippen molar-refractivity contribution < 1.29 is 13.6 Å². The smallest absolute Gasteiger partial charge is 0.285 e. The van der Waals surface area contributed by atoms with Crippen LogP contribution < -0.4 is 0 Å². The number of nitrogens with zero attached hydrogens (tertiary/aromatic N) is 5. The third-order valence-electron chi connectivity index (χ3n) is 5.58. The number of aromatic nitrogens is 4. The molecular weight excluding hydrogens is 440 g/mol. The van der Waals surface area contributed by atoms with Gasteiger partial charge in [-0.15, -0.1) is 21.5 Å². The van der Waals surface area contributed by atoms with Crippen LogP contribution in [0.1, 0.15) is 32.7 Å². The summed E-state index contributed by atoms with van der Waals surface area (Å²) < 4.78 is 29.1. The van der Waals surface area contributed by atoms with E-state index in [1.807, 2.05) is 24.8 Å². The van der Waals surface area contributed by atoms with Crippen LogP contribution in [0.5, 0.6) is 0 Å². The van der Waals surface area contributed by atoms with E-state index in [1.165, 1.54) is 11.6 Å². The minimum absolute atomic E-state index is 0.123. The van der Waals surface area contributed by atoms with E-state index in [2.05, 4.69) is 28.3 Å². The first-order chi connectivity index (χ1) is 14.8. The summed E-state index contributed by atoms with van der Waals surface area (Å²) in [4.78, 5) is 16.2. The largest absolute Gasteiger partial charge is 0.330 e. The lowest BCUT2D eigenvalue weighted by molar-refractivity contribution is 0.0697. The standard InChI is InChI=1S/C21H17F2N5OS2/c1-21(12-8-24-27(2)9-12)11-28(10-17-15(21)5-6-30-17)20(29)19-26-25-18(31-19)14-4-3-13(22)7-16(14)23/h3-9H,10-11H2,1-2H3. The molecule has 0 radical (unpaired) electrons. The van der Waals surface area contributed by atoms with E-state index in [-0.39, 0.29) is 21.5 Å². The summed E-state index contributed by atoms with van der Waals surface area (Å²) in [5.74, 6) is -1.67. The van der Waals surface area contributed by atoms with Crippen LogP contribution in [0.15, 0.2) is 42.0 Å². The molecule has 0 spiro atoms. The minimum Gasteiger partial charge on any atom is -0.330 e. The first-order valence-corrected chi connectivity index (χ1v) is 11.2. The van der Waals surface area contributed by atoms with Crippen LogP contribution >= 0.6 is 22.7 Å². The summed E-state index contributed by atoms with van der Waals surface area (Å²) in [7, 11) is 1.87. The van der Waals surface area contributed by atoms with Gasteiger partial charge < -0.3 is 4.90 Å². The summed E-state index contributed by atoms with van der Waals surface area (Å²) in [6.45, 7) is 3.04. The van der Waals surface area contributed by atoms with Crippen LogP contribution in [-0.2, 0) is 19.0 Å². The quantitative estimate of drug-likeness (QED) is 0.462. The van der Waals surface area contributed by atoms with Crippen molar-refractivity contribution in [3.05, 3.63) is 74.7 Å². The summed E-state index contributed by atoms with van der Waals surface area (Å²) in [6, 6.07) is 5.36. The molecule has 0 aliphatic carbocycles. The van der Waals surface area contributed by atoms with E-state index in [0.717, 1.165) is 33.9 Å². The van der Waals surface area contributed by atoms with E-state index in [9.17, 15) is 13.6 Å². The number of benzene rings is 1. The first kappa shape index (κ1) is 20.0. The van der Waals surface area contributed by atoms with Gasteiger partial charge in [0.2, 0.25) is 5.01 Å². The maximum Gasteiger partial charge on any atom is 0.285 e. The fourth-order valence-corrected chi connectivity index (χ4v) is 5.82. The molecule has 31 heavy (non-hydrogen) atoms. The number of fused-ring (bicyclic) bond motifs is 1. The molecule has 6 nitrogen and oxygen atoms in total. The van der Waals surface area contributed by atoms with Gasteiger partial charge in [-0.3, -0.25) is 9.48 Å². The van der Waals surface area contributed by atoms with E-state index in [1.54, 1.807) is 20.9 Å². The van der Waals surface area contributed by atoms with Crippen molar-refractivity contribution in [1.82, 2.24) is 24.9 Å². The number of carbonyl (C=O) groups is 1. The fraction of sp³-hybridized carbons (Fsp3) is 0.238. The number of hydrogen-bond donors (Lipinski definition) is 0. The molecule has 1 aliphatic heterocycles. The van der Waals surface area contributed by atoms with Crippen LogP contribution in [0, 0.1) is 11.6 Å². The second kappa shape index (κ2) is 7.31. The molecule has 0 N–H and O–H groups in total. The van der Waals surface area contributed by atoms with Crippen molar-refractivity contribution in [3.63, 3.8) is 0 Å². The molecule has 1 atom stereocenters. The number of thiophene rings is 1. The van der Waals surface area contributed by atoms with E-state index < -0.39 is 17.0 Å². The van der Waals surface area contributed by atoms with Gasteiger partial charge in [0.25, 0.3) is 5.91 Å². The van der Waals surface area contributed by atoms with Crippen LogP contribution in [0.3, 0.4) is 0 Å². The molecule has 1 unspecified atom stereocenters. The maximum absolute atomic E-state index is 14.1. The van der Waals surface area contributed by atoms with E-state index in [4.69, 9.17) is 0 Å². The molecule has 5 rings (SSSR count). The molecule has 1 aliphatic rings. The predicted octanol–water partition coefficient (Wildman–Crippen LogP) is 4.24. The monoisotopic (exact) mass is 457 g/mol. The third kappa shape index (κ3) is 3.35. The zero-order chi connectivity index (χ0) is 21.8. The first-order valence-electron chi connectivity index (χ1n) is 9.49. The Balaban J connectivity index is 1.47. The highest BCUT2D eigenvalue weighted by Crippen LogP contribution is 2.42. The van der Waals surface area contributed by atoms with Crippen molar-refractivity contribution in [1.29, 1.82) is 0 Å². The van der Waals surface area contributed by atoms with E-state index >= 15 is 0 Å². The number of rotatable bonds is 3. The average molecular weight is 458 g/mol. The molecule has 10 heteroatoms. The minimum atomic E-state index is -0.736. The van der Waals surface area contributed by atoms with Crippen LogP contribution in [-0.4, -0.2) is 37.3 Å². The normalized spacial score (nSPS) is 18.3. The van der Waals surface area contributed by atoms with Crippen molar-refractivity contribution in [2.45, 2.75) is 18.9 Å².